The second-order valence-corrected chi connectivity index (χ2v) is 6.19. The third kappa shape index (κ3) is 3.20. The molecule has 5 nitrogen and oxygen atoms in total. The number of carbonyl (C=O) groups excluding carboxylic acids is 1. The van der Waals surface area contributed by atoms with Gasteiger partial charge in [0.25, 0.3) is 0 Å². The largest absolute Gasteiger partial charge is 0.497 e. The lowest BCUT2D eigenvalue weighted by Gasteiger charge is -2.24. The van der Waals surface area contributed by atoms with Crippen molar-refractivity contribution < 1.29 is 13.9 Å². The average molecular weight is 316 g/mol. The fourth-order valence-corrected chi connectivity index (χ4v) is 3.21. The van der Waals surface area contributed by atoms with Gasteiger partial charge in [0, 0.05) is 10.9 Å². The van der Waals surface area contributed by atoms with Gasteiger partial charge in [-0.15, -0.1) is 0 Å². The molecule has 0 saturated carbocycles. The van der Waals surface area contributed by atoms with E-state index in [2.05, 4.69) is 10.6 Å². The van der Waals surface area contributed by atoms with E-state index in [1.165, 1.54) is 0 Å². The van der Waals surface area contributed by atoms with Gasteiger partial charge in [-0.3, -0.25) is 4.79 Å². The van der Waals surface area contributed by atoms with Gasteiger partial charge in [-0.25, -0.2) is 0 Å². The van der Waals surface area contributed by atoms with Crippen molar-refractivity contribution in [3.8, 4) is 5.75 Å². The van der Waals surface area contributed by atoms with Gasteiger partial charge < -0.3 is 19.8 Å². The quantitative estimate of drug-likeness (QED) is 0.910. The van der Waals surface area contributed by atoms with E-state index in [0.29, 0.717) is 0 Å². The Morgan fingerprint density at radius 1 is 1.43 bits per heavy atom. The van der Waals surface area contributed by atoms with Crippen molar-refractivity contribution in [2.45, 2.75) is 45.2 Å². The van der Waals surface area contributed by atoms with Crippen LogP contribution in [-0.2, 0) is 4.79 Å². The molecule has 1 fully saturated rings. The van der Waals surface area contributed by atoms with Crippen molar-refractivity contribution in [1.29, 1.82) is 0 Å². The highest BCUT2D eigenvalue weighted by Crippen LogP contribution is 2.32. The van der Waals surface area contributed by atoms with Gasteiger partial charge in [0.1, 0.15) is 17.1 Å². The monoisotopic (exact) mass is 316 g/mol. The summed E-state index contributed by atoms with van der Waals surface area (Å²) in [7, 11) is 1.65. The number of methoxy groups -OCH3 is 1. The third-order valence-electron chi connectivity index (χ3n) is 4.56. The molecule has 1 aromatic carbocycles. The van der Waals surface area contributed by atoms with Gasteiger partial charge in [-0.05, 0) is 51.4 Å². The fraction of sp³-hybridized carbons (Fsp3) is 0.500. The van der Waals surface area contributed by atoms with E-state index in [4.69, 9.17) is 9.15 Å². The van der Waals surface area contributed by atoms with Crippen LogP contribution < -0.4 is 15.4 Å². The fourth-order valence-electron chi connectivity index (χ4n) is 3.21. The van der Waals surface area contributed by atoms with E-state index in [0.717, 1.165) is 53.8 Å². The zero-order chi connectivity index (χ0) is 16.4. The first-order valence-electron chi connectivity index (χ1n) is 8.21. The van der Waals surface area contributed by atoms with Crippen molar-refractivity contribution in [3.05, 3.63) is 29.5 Å². The molecule has 1 saturated heterocycles. The standard InChI is InChI=1S/C18H24N2O3/c1-11-14-10-13(22-3)7-8-16(14)23-17(11)12(2)20-18(21)15-6-4-5-9-19-15/h7-8,10,12,15,19H,4-6,9H2,1-3H3,(H,20,21). The summed E-state index contributed by atoms with van der Waals surface area (Å²) in [6, 6.07) is 5.50. The second kappa shape index (κ2) is 6.62. The molecule has 1 aliphatic rings. The van der Waals surface area contributed by atoms with Crippen LogP contribution in [0, 0.1) is 6.92 Å². The maximum Gasteiger partial charge on any atom is 0.237 e. The Morgan fingerprint density at radius 2 is 2.26 bits per heavy atom. The van der Waals surface area contributed by atoms with Crippen LogP contribution in [0.15, 0.2) is 22.6 Å². The summed E-state index contributed by atoms with van der Waals surface area (Å²) in [5.41, 5.74) is 1.86. The van der Waals surface area contributed by atoms with E-state index < -0.39 is 0 Å². The summed E-state index contributed by atoms with van der Waals surface area (Å²) in [5, 5.41) is 7.37. The lowest BCUT2D eigenvalue weighted by molar-refractivity contribution is -0.124. The molecule has 5 heteroatoms. The lowest BCUT2D eigenvalue weighted by Crippen LogP contribution is -2.47. The second-order valence-electron chi connectivity index (χ2n) is 6.19. The predicted molar refractivity (Wildman–Crippen MR) is 89.7 cm³/mol. The number of ether oxygens (including phenoxy) is 1. The van der Waals surface area contributed by atoms with E-state index >= 15 is 0 Å². The Kier molecular flexibility index (Phi) is 4.57. The van der Waals surface area contributed by atoms with E-state index in [1.807, 2.05) is 32.0 Å². The van der Waals surface area contributed by atoms with Gasteiger partial charge in [0.15, 0.2) is 0 Å². The topological polar surface area (TPSA) is 63.5 Å². The third-order valence-corrected chi connectivity index (χ3v) is 4.56. The molecule has 0 radical (unpaired) electrons. The minimum Gasteiger partial charge on any atom is -0.497 e. The molecular weight excluding hydrogens is 292 g/mol. The van der Waals surface area contributed by atoms with Crippen LogP contribution in [0.5, 0.6) is 5.75 Å². The van der Waals surface area contributed by atoms with Crippen molar-refractivity contribution in [2.24, 2.45) is 0 Å². The minimum absolute atomic E-state index is 0.0506. The first-order valence-corrected chi connectivity index (χ1v) is 8.21. The number of nitrogens with one attached hydrogen (secondary N) is 2. The van der Waals surface area contributed by atoms with Crippen LogP contribution in [0.2, 0.25) is 0 Å². The molecule has 1 aromatic heterocycles. The van der Waals surface area contributed by atoms with E-state index in [9.17, 15) is 4.79 Å². The lowest BCUT2D eigenvalue weighted by atomic mass is 10.0. The zero-order valence-corrected chi connectivity index (χ0v) is 13.9. The first-order chi connectivity index (χ1) is 11.1. The maximum absolute atomic E-state index is 12.4. The zero-order valence-electron chi connectivity index (χ0n) is 13.9. The van der Waals surface area contributed by atoms with Crippen LogP contribution in [0.1, 0.15) is 43.6 Å². The van der Waals surface area contributed by atoms with Gasteiger partial charge in [0.2, 0.25) is 5.91 Å². The molecule has 2 atom stereocenters. The first kappa shape index (κ1) is 15.9. The Labute approximate surface area is 136 Å². The Bertz CT molecular complexity index is 702. The van der Waals surface area contributed by atoms with Crippen LogP contribution in [0.4, 0.5) is 0 Å². The highest BCUT2D eigenvalue weighted by molar-refractivity contribution is 5.85. The average Bonchev–Trinajstić information content (AvgIpc) is 2.92. The van der Waals surface area contributed by atoms with E-state index in [1.54, 1.807) is 7.11 Å². The predicted octanol–water partition coefficient (Wildman–Crippen LogP) is 3.07. The van der Waals surface area contributed by atoms with Crippen molar-refractivity contribution >= 4 is 16.9 Å². The van der Waals surface area contributed by atoms with E-state index in [-0.39, 0.29) is 18.0 Å². The SMILES string of the molecule is COc1ccc2oc(C(C)NC(=O)C3CCCCN3)c(C)c2c1. The number of carbonyl (C=O) groups is 1. The summed E-state index contributed by atoms with van der Waals surface area (Å²) in [4.78, 5) is 12.4. The number of aryl methyl sites for hydroxylation is 1. The number of amides is 1. The smallest absolute Gasteiger partial charge is 0.237 e. The van der Waals surface area contributed by atoms with Gasteiger partial charge >= 0.3 is 0 Å². The molecule has 0 bridgehead atoms. The molecule has 23 heavy (non-hydrogen) atoms. The number of rotatable bonds is 4. The van der Waals surface area contributed by atoms with Crippen molar-refractivity contribution in [3.63, 3.8) is 0 Å². The molecule has 2 N–H and O–H groups in total. The van der Waals surface area contributed by atoms with Crippen LogP contribution in [0.3, 0.4) is 0 Å². The van der Waals surface area contributed by atoms with Crippen molar-refractivity contribution in [1.82, 2.24) is 10.6 Å². The summed E-state index contributed by atoms with van der Waals surface area (Å²) < 4.78 is 11.2. The van der Waals surface area contributed by atoms with Gasteiger partial charge in [-0.2, -0.15) is 0 Å². The molecule has 2 heterocycles. The van der Waals surface area contributed by atoms with Gasteiger partial charge in [-0.1, -0.05) is 6.42 Å². The summed E-state index contributed by atoms with van der Waals surface area (Å²) in [6.07, 6.45) is 3.14. The van der Waals surface area contributed by atoms with Gasteiger partial charge in [0.05, 0.1) is 19.2 Å². The summed E-state index contributed by atoms with van der Waals surface area (Å²) in [6.45, 7) is 4.89. The number of benzene rings is 1. The molecule has 1 aliphatic heterocycles. The Hall–Kier alpha value is -2.01. The summed E-state index contributed by atoms with van der Waals surface area (Å²) >= 11 is 0. The van der Waals surface area contributed by atoms with Crippen molar-refractivity contribution in [2.75, 3.05) is 13.7 Å². The Morgan fingerprint density at radius 3 is 2.96 bits per heavy atom. The highest BCUT2D eigenvalue weighted by atomic mass is 16.5. The molecule has 3 rings (SSSR count). The molecule has 1 amide bonds. The van der Waals surface area contributed by atoms with Crippen LogP contribution in [-0.4, -0.2) is 25.6 Å². The summed E-state index contributed by atoms with van der Waals surface area (Å²) in [5.74, 6) is 1.66. The number of hydrogen-bond acceptors (Lipinski definition) is 4. The number of hydrogen-bond donors (Lipinski definition) is 2. The molecule has 0 aliphatic carbocycles. The van der Waals surface area contributed by atoms with Crippen LogP contribution >= 0.6 is 0 Å². The number of piperidine rings is 1. The number of fused-ring (bicyclic) bond motifs is 1. The molecule has 2 unspecified atom stereocenters. The molecule has 124 valence electrons. The normalized spacial score (nSPS) is 19.5. The molecule has 0 spiro atoms. The number of furan rings is 1. The van der Waals surface area contributed by atoms with Crippen LogP contribution in [0.25, 0.3) is 11.0 Å². The maximum atomic E-state index is 12.4. The highest BCUT2D eigenvalue weighted by Gasteiger charge is 2.24. The minimum atomic E-state index is -0.162. The Balaban J connectivity index is 1.78. The molecular formula is C18H24N2O3. The molecule has 2 aromatic rings.